The van der Waals surface area contributed by atoms with Crippen LogP contribution in [0.5, 0.6) is 5.75 Å². The van der Waals surface area contributed by atoms with E-state index in [1.165, 1.54) is 4.90 Å². The summed E-state index contributed by atoms with van der Waals surface area (Å²) in [4.78, 5) is 38.4. The van der Waals surface area contributed by atoms with Crippen LogP contribution in [0.25, 0.3) is 16.8 Å². The number of carbonyl (C=O) groups is 2. The second-order valence-corrected chi connectivity index (χ2v) is 9.70. The van der Waals surface area contributed by atoms with E-state index in [1.54, 1.807) is 24.3 Å². The fraction of sp³-hybridized carbons (Fsp3) is 0.258. The van der Waals surface area contributed by atoms with Crippen LogP contribution in [0.3, 0.4) is 0 Å². The van der Waals surface area contributed by atoms with E-state index in [-0.39, 0.29) is 23.4 Å². The number of nitrogens with one attached hydrogen (secondary N) is 1. The number of ether oxygens (including phenoxy) is 1. The lowest BCUT2D eigenvalue weighted by molar-refractivity contribution is -0.132. The minimum Gasteiger partial charge on any atom is -0.507 e. The predicted octanol–water partition coefficient (Wildman–Crippen LogP) is 5.82. The van der Waals surface area contributed by atoms with Crippen LogP contribution in [-0.2, 0) is 9.59 Å². The molecule has 1 aliphatic rings. The zero-order valence-electron chi connectivity index (χ0n) is 22.5. The van der Waals surface area contributed by atoms with Crippen molar-refractivity contribution in [1.29, 1.82) is 0 Å². The van der Waals surface area contributed by atoms with E-state index in [9.17, 15) is 14.7 Å². The number of H-pyrrole nitrogens is 1. The Balaban J connectivity index is 1.67. The van der Waals surface area contributed by atoms with Crippen molar-refractivity contribution in [2.45, 2.75) is 39.8 Å². The van der Waals surface area contributed by atoms with Gasteiger partial charge < -0.3 is 19.7 Å². The van der Waals surface area contributed by atoms with Crippen molar-refractivity contribution in [3.8, 4) is 5.75 Å². The quantitative estimate of drug-likeness (QED) is 0.171. The molecule has 1 unspecified atom stereocenters. The van der Waals surface area contributed by atoms with Crippen LogP contribution in [0.15, 0.2) is 78.4 Å². The summed E-state index contributed by atoms with van der Waals surface area (Å²) in [6, 6.07) is 21.2. The Kier molecular flexibility index (Phi) is 7.11. The number of amides is 1. The number of aliphatic hydroxyl groups is 1. The Morgan fingerprint density at radius 1 is 1.03 bits per heavy atom. The molecule has 200 valence electrons. The van der Waals surface area contributed by atoms with Gasteiger partial charge in [0, 0.05) is 24.3 Å². The molecule has 5 rings (SSSR count). The minimum absolute atomic E-state index is 0.00209. The highest BCUT2D eigenvalue weighted by Gasteiger charge is 2.48. The highest BCUT2D eigenvalue weighted by molar-refractivity contribution is 6.51. The molecule has 0 radical (unpaired) electrons. The molecule has 0 saturated carbocycles. The number of ketones is 1. The Hall–Kier alpha value is -4.59. The molecule has 0 aliphatic carbocycles. The summed E-state index contributed by atoms with van der Waals surface area (Å²) in [5.74, 6) is -1.00. The normalized spacial score (nSPS) is 16.8. The molecule has 8 nitrogen and oxygen atoms in total. The lowest BCUT2D eigenvalue weighted by Crippen LogP contribution is -2.30. The van der Waals surface area contributed by atoms with Crippen molar-refractivity contribution in [2.24, 2.45) is 0 Å². The lowest BCUT2D eigenvalue weighted by Gasteiger charge is -2.25. The summed E-state index contributed by atoms with van der Waals surface area (Å²) >= 11 is 0. The SMILES string of the molecule is CCN(CC)c1ccc(C2/C(=C(\O)c3cccc(OC(C)C)c3)C(=O)C(=O)N2c2nc3ccccc3[nH]2)cc1. The van der Waals surface area contributed by atoms with Crippen molar-refractivity contribution in [3.63, 3.8) is 0 Å². The molecule has 8 heteroatoms. The number of aromatic amines is 1. The fourth-order valence-corrected chi connectivity index (χ4v) is 5.02. The Bertz CT molecular complexity index is 1520. The van der Waals surface area contributed by atoms with E-state index in [2.05, 4.69) is 28.7 Å². The number of para-hydroxylation sites is 2. The number of benzene rings is 3. The summed E-state index contributed by atoms with van der Waals surface area (Å²) in [5, 5.41) is 11.5. The smallest absolute Gasteiger partial charge is 0.302 e. The number of anilines is 2. The number of hydrogen-bond donors (Lipinski definition) is 2. The monoisotopic (exact) mass is 524 g/mol. The molecule has 0 bridgehead atoms. The van der Waals surface area contributed by atoms with Crippen molar-refractivity contribution in [1.82, 2.24) is 9.97 Å². The first-order valence-electron chi connectivity index (χ1n) is 13.2. The van der Waals surface area contributed by atoms with E-state index in [4.69, 9.17) is 4.74 Å². The lowest BCUT2D eigenvalue weighted by atomic mass is 9.95. The molecule has 1 saturated heterocycles. The van der Waals surface area contributed by atoms with Crippen molar-refractivity contribution < 1.29 is 19.4 Å². The highest BCUT2D eigenvalue weighted by Crippen LogP contribution is 2.42. The minimum atomic E-state index is -0.883. The van der Waals surface area contributed by atoms with Crippen LogP contribution in [0, 0.1) is 0 Å². The van der Waals surface area contributed by atoms with Gasteiger partial charge in [0.1, 0.15) is 11.5 Å². The molecule has 1 amide bonds. The number of imidazole rings is 1. The zero-order chi connectivity index (χ0) is 27.7. The average Bonchev–Trinajstić information content (AvgIpc) is 3.47. The topological polar surface area (TPSA) is 98.8 Å². The molecule has 1 fully saturated rings. The summed E-state index contributed by atoms with van der Waals surface area (Å²) in [6.07, 6.45) is -0.0645. The van der Waals surface area contributed by atoms with Crippen LogP contribution in [0.4, 0.5) is 11.6 Å². The fourth-order valence-electron chi connectivity index (χ4n) is 5.02. The number of aliphatic hydroxyl groups excluding tert-OH is 1. The average molecular weight is 525 g/mol. The number of fused-ring (bicyclic) bond motifs is 1. The second-order valence-electron chi connectivity index (χ2n) is 9.70. The van der Waals surface area contributed by atoms with Crippen molar-refractivity contribution in [2.75, 3.05) is 22.9 Å². The van der Waals surface area contributed by atoms with Gasteiger partial charge in [0.05, 0.1) is 28.8 Å². The molecular formula is C31H32N4O4. The number of hydrogen-bond acceptors (Lipinski definition) is 6. The van der Waals surface area contributed by atoms with Crippen LogP contribution in [-0.4, -0.2) is 46.0 Å². The van der Waals surface area contributed by atoms with E-state index in [1.807, 2.05) is 62.4 Å². The molecular weight excluding hydrogens is 492 g/mol. The maximum Gasteiger partial charge on any atom is 0.302 e. The predicted molar refractivity (Wildman–Crippen MR) is 153 cm³/mol. The first-order chi connectivity index (χ1) is 18.8. The highest BCUT2D eigenvalue weighted by atomic mass is 16.5. The van der Waals surface area contributed by atoms with Crippen molar-refractivity contribution in [3.05, 3.63) is 89.5 Å². The summed E-state index contributed by atoms with van der Waals surface area (Å²) in [5.41, 5.74) is 3.51. The van der Waals surface area contributed by atoms with Gasteiger partial charge in [-0.3, -0.25) is 14.5 Å². The third-order valence-corrected chi connectivity index (χ3v) is 6.87. The van der Waals surface area contributed by atoms with E-state index < -0.39 is 17.7 Å². The molecule has 1 aliphatic heterocycles. The number of rotatable bonds is 8. The zero-order valence-corrected chi connectivity index (χ0v) is 22.5. The maximum atomic E-state index is 13.5. The van der Waals surface area contributed by atoms with Gasteiger partial charge in [-0.2, -0.15) is 0 Å². The molecule has 2 heterocycles. The molecule has 1 atom stereocenters. The standard InChI is InChI=1S/C31H32N4O4/c1-5-34(6-2)22-16-14-20(15-17-22)27-26(28(36)21-10-9-11-23(18-21)39-19(3)4)29(37)30(38)35(27)31-32-24-12-7-8-13-25(24)33-31/h7-19,27,36H,5-6H2,1-4H3,(H,32,33)/b28-26+. The van der Waals surface area contributed by atoms with Crippen molar-refractivity contribution >= 4 is 40.1 Å². The van der Waals surface area contributed by atoms with Crippen LogP contribution in [0.1, 0.15) is 44.9 Å². The van der Waals surface area contributed by atoms with Gasteiger partial charge in [0.2, 0.25) is 5.95 Å². The van der Waals surface area contributed by atoms with Crippen LogP contribution in [0.2, 0.25) is 0 Å². The Morgan fingerprint density at radius 3 is 2.41 bits per heavy atom. The molecule has 39 heavy (non-hydrogen) atoms. The first-order valence-corrected chi connectivity index (χ1v) is 13.2. The van der Waals surface area contributed by atoms with Gasteiger partial charge in [-0.1, -0.05) is 36.4 Å². The summed E-state index contributed by atoms with van der Waals surface area (Å²) < 4.78 is 5.79. The van der Waals surface area contributed by atoms with Gasteiger partial charge in [-0.15, -0.1) is 0 Å². The largest absolute Gasteiger partial charge is 0.507 e. The Labute approximate surface area is 227 Å². The molecule has 2 N–H and O–H groups in total. The van der Waals surface area contributed by atoms with E-state index in [0.717, 1.165) is 24.3 Å². The third kappa shape index (κ3) is 4.85. The number of nitrogens with zero attached hydrogens (tertiary/aromatic N) is 3. The van der Waals surface area contributed by atoms with Gasteiger partial charge in [-0.25, -0.2) is 4.98 Å². The summed E-state index contributed by atoms with van der Waals surface area (Å²) in [6.45, 7) is 9.70. The van der Waals surface area contributed by atoms with Crippen LogP contribution < -0.4 is 14.5 Å². The number of carbonyl (C=O) groups excluding carboxylic acids is 2. The van der Waals surface area contributed by atoms with Gasteiger partial charge >= 0.3 is 5.91 Å². The first kappa shape index (κ1) is 26.0. The summed E-state index contributed by atoms with van der Waals surface area (Å²) in [7, 11) is 0. The van der Waals surface area contributed by atoms with E-state index >= 15 is 0 Å². The number of aromatic nitrogens is 2. The Morgan fingerprint density at radius 2 is 1.74 bits per heavy atom. The van der Waals surface area contributed by atoms with Gasteiger partial charge in [0.15, 0.2) is 0 Å². The maximum absolute atomic E-state index is 13.5. The van der Waals surface area contributed by atoms with Gasteiger partial charge in [-0.05, 0) is 69.7 Å². The number of Topliss-reactive ketones (excluding diaryl/α,β-unsaturated/α-hetero) is 1. The van der Waals surface area contributed by atoms with Crippen LogP contribution >= 0.6 is 0 Å². The molecule has 3 aromatic carbocycles. The van der Waals surface area contributed by atoms with Gasteiger partial charge in [0.25, 0.3) is 5.78 Å². The molecule has 4 aromatic rings. The molecule has 1 aromatic heterocycles. The molecule has 0 spiro atoms. The second kappa shape index (κ2) is 10.6. The van der Waals surface area contributed by atoms with E-state index in [0.29, 0.717) is 22.4 Å². The third-order valence-electron chi connectivity index (χ3n) is 6.87.